The molecule has 0 atom stereocenters. The number of benzene rings is 8. The van der Waals surface area contributed by atoms with E-state index in [1.54, 1.807) is 0 Å². The van der Waals surface area contributed by atoms with Crippen molar-refractivity contribution in [2.24, 2.45) is 0 Å². The topological polar surface area (TPSA) is 30.3 Å². The smallest absolute Gasteiger partial charge is 0.0998 e. The fourth-order valence-corrected chi connectivity index (χ4v) is 7.24. The maximum Gasteiger partial charge on any atom is 0.0998 e. The molecule has 0 bridgehead atoms. The molecule has 0 aromatic heterocycles. The minimum atomic E-state index is 0.623. The van der Waals surface area contributed by atoms with Crippen LogP contribution in [0.1, 0.15) is 33.4 Å². The summed E-state index contributed by atoms with van der Waals surface area (Å²) in [5, 5.41) is 10.2. The van der Waals surface area contributed by atoms with E-state index in [2.05, 4.69) is 226 Å². The van der Waals surface area contributed by atoms with Gasteiger partial charge in [0, 0.05) is 34.1 Å². The molecule has 3 nitrogen and oxygen atoms in total. The van der Waals surface area contributed by atoms with E-state index in [0.29, 0.717) is 5.57 Å². The summed E-state index contributed by atoms with van der Waals surface area (Å²) in [5.41, 5.74) is 18.6. The SMILES string of the molecule is Cc1ccc(N(c2ccc(C)cc2)c2ccc(-c3ccc(/C=C(\C#N)c4ccc(-c5ccc(N(c6ccc(C)cc6)c6ccc(C)cc6)cc5)cc4)cc3)cc2)cc1. The van der Waals surface area contributed by atoms with Crippen LogP contribution in [0.4, 0.5) is 34.1 Å². The molecule has 3 heteroatoms. The molecule has 8 aromatic rings. The Hall–Kier alpha value is -7.41. The van der Waals surface area contributed by atoms with Crippen LogP contribution < -0.4 is 9.80 Å². The molecule has 0 fully saturated rings. The second-order valence-corrected chi connectivity index (χ2v) is 15.0. The number of aryl methyl sites for hydroxylation is 4. The molecule has 0 radical (unpaired) electrons. The van der Waals surface area contributed by atoms with Crippen LogP contribution in [-0.4, -0.2) is 0 Å². The molecule has 0 spiro atoms. The van der Waals surface area contributed by atoms with E-state index < -0.39 is 0 Å². The highest BCUT2D eigenvalue weighted by atomic mass is 15.1. The lowest BCUT2D eigenvalue weighted by Crippen LogP contribution is -2.09. The Bertz CT molecular complexity index is 2590. The van der Waals surface area contributed by atoms with Gasteiger partial charge in [-0.05, 0) is 140 Å². The van der Waals surface area contributed by atoms with Crippen LogP contribution >= 0.6 is 0 Å². The zero-order valence-corrected chi connectivity index (χ0v) is 33.4. The van der Waals surface area contributed by atoms with E-state index in [0.717, 1.165) is 67.5 Å². The van der Waals surface area contributed by atoms with Crippen molar-refractivity contribution in [3.63, 3.8) is 0 Å². The van der Waals surface area contributed by atoms with Gasteiger partial charge in [0.1, 0.15) is 0 Å². The average Bonchev–Trinajstić information content (AvgIpc) is 3.26. The molecule has 0 saturated carbocycles. The predicted octanol–water partition coefficient (Wildman–Crippen LogP) is 15.3. The Labute approximate surface area is 343 Å². The third-order valence-electron chi connectivity index (χ3n) is 10.6. The highest BCUT2D eigenvalue weighted by molar-refractivity contribution is 5.90. The molecule has 0 aliphatic heterocycles. The van der Waals surface area contributed by atoms with E-state index in [1.807, 2.05) is 18.2 Å². The number of nitriles is 1. The maximum atomic E-state index is 10.2. The molecule has 0 aliphatic carbocycles. The van der Waals surface area contributed by atoms with Crippen molar-refractivity contribution in [2.45, 2.75) is 27.7 Å². The highest BCUT2D eigenvalue weighted by Gasteiger charge is 2.15. The number of hydrogen-bond acceptors (Lipinski definition) is 3. The molecule has 0 saturated heterocycles. The number of anilines is 6. The first-order chi connectivity index (χ1) is 28.3. The molecule has 8 aromatic carbocycles. The van der Waals surface area contributed by atoms with Gasteiger partial charge in [0.15, 0.2) is 0 Å². The first kappa shape index (κ1) is 37.5. The lowest BCUT2D eigenvalue weighted by molar-refractivity contribution is 1.27. The van der Waals surface area contributed by atoms with Gasteiger partial charge in [-0.15, -0.1) is 0 Å². The molecule has 0 heterocycles. The Morgan fingerprint density at radius 3 is 0.862 bits per heavy atom. The lowest BCUT2D eigenvalue weighted by Gasteiger charge is -2.26. The Morgan fingerprint density at radius 2 is 0.586 bits per heavy atom. The van der Waals surface area contributed by atoms with E-state index >= 15 is 0 Å². The summed E-state index contributed by atoms with van der Waals surface area (Å²) >= 11 is 0. The van der Waals surface area contributed by atoms with Gasteiger partial charge in [-0.1, -0.05) is 144 Å². The fourth-order valence-electron chi connectivity index (χ4n) is 7.24. The van der Waals surface area contributed by atoms with Crippen LogP contribution in [0.3, 0.4) is 0 Å². The Kier molecular flexibility index (Phi) is 10.8. The summed E-state index contributed by atoms with van der Waals surface area (Å²) in [6, 6.07) is 71.1. The number of nitrogens with zero attached hydrogens (tertiary/aromatic N) is 3. The van der Waals surface area contributed by atoms with Crippen molar-refractivity contribution in [3.8, 4) is 28.3 Å². The molecule has 0 unspecified atom stereocenters. The van der Waals surface area contributed by atoms with Crippen molar-refractivity contribution < 1.29 is 0 Å². The van der Waals surface area contributed by atoms with Gasteiger partial charge in [0.05, 0.1) is 11.6 Å². The zero-order valence-electron chi connectivity index (χ0n) is 33.4. The van der Waals surface area contributed by atoms with E-state index in [4.69, 9.17) is 0 Å². The van der Waals surface area contributed by atoms with E-state index in [1.165, 1.54) is 22.3 Å². The molecule has 8 rings (SSSR count). The first-order valence-corrected chi connectivity index (χ1v) is 19.7. The minimum absolute atomic E-state index is 0.623. The molecule has 0 N–H and O–H groups in total. The molecule has 280 valence electrons. The van der Waals surface area contributed by atoms with Gasteiger partial charge in [0.2, 0.25) is 0 Å². The Balaban J connectivity index is 0.980. The largest absolute Gasteiger partial charge is 0.311 e. The monoisotopic (exact) mass is 747 g/mol. The third-order valence-corrected chi connectivity index (χ3v) is 10.6. The van der Waals surface area contributed by atoms with Crippen molar-refractivity contribution in [1.82, 2.24) is 0 Å². The van der Waals surface area contributed by atoms with Crippen molar-refractivity contribution in [2.75, 3.05) is 9.80 Å². The van der Waals surface area contributed by atoms with E-state index in [-0.39, 0.29) is 0 Å². The zero-order chi connectivity index (χ0) is 40.0. The van der Waals surface area contributed by atoms with Crippen molar-refractivity contribution in [1.29, 1.82) is 5.26 Å². The first-order valence-electron chi connectivity index (χ1n) is 19.7. The van der Waals surface area contributed by atoms with Crippen LogP contribution in [0.2, 0.25) is 0 Å². The molecule has 0 amide bonds. The molecular weight excluding hydrogens is 703 g/mol. The second-order valence-electron chi connectivity index (χ2n) is 15.0. The Morgan fingerprint density at radius 1 is 0.345 bits per heavy atom. The number of allylic oxidation sites excluding steroid dienone is 1. The second kappa shape index (κ2) is 16.8. The van der Waals surface area contributed by atoms with Gasteiger partial charge >= 0.3 is 0 Å². The van der Waals surface area contributed by atoms with Crippen LogP contribution in [0, 0.1) is 39.0 Å². The molecule has 0 aliphatic rings. The average molecular weight is 748 g/mol. The normalized spacial score (nSPS) is 11.2. The molecule has 58 heavy (non-hydrogen) atoms. The summed E-state index contributed by atoms with van der Waals surface area (Å²) in [4.78, 5) is 4.57. The standard InChI is InChI=1S/C55H45N3/c1-39-5-25-50(26-6-39)57(51-27-7-40(2)8-28-51)54-33-21-46(22-34-54)44-15-13-43(14-16-44)37-49(38-56)48-19-17-45(18-20-48)47-23-35-55(36-24-47)58(52-29-9-41(3)10-30-52)53-31-11-42(4)12-32-53/h5-37H,1-4H3/b49-37+. The van der Waals surface area contributed by atoms with Crippen LogP contribution in [0.5, 0.6) is 0 Å². The van der Waals surface area contributed by atoms with Crippen LogP contribution in [-0.2, 0) is 0 Å². The summed E-state index contributed by atoms with van der Waals surface area (Å²) in [6.45, 7) is 8.45. The number of rotatable bonds is 10. The summed E-state index contributed by atoms with van der Waals surface area (Å²) in [5.74, 6) is 0. The fraction of sp³-hybridized carbons (Fsp3) is 0.0727. The highest BCUT2D eigenvalue weighted by Crippen LogP contribution is 2.38. The van der Waals surface area contributed by atoms with E-state index in [9.17, 15) is 5.26 Å². The van der Waals surface area contributed by atoms with Crippen molar-refractivity contribution >= 4 is 45.8 Å². The lowest BCUT2D eigenvalue weighted by atomic mass is 9.98. The van der Waals surface area contributed by atoms with Gasteiger partial charge in [-0.2, -0.15) is 5.26 Å². The van der Waals surface area contributed by atoms with Crippen LogP contribution in [0.15, 0.2) is 194 Å². The third kappa shape index (κ3) is 8.38. The summed E-state index contributed by atoms with van der Waals surface area (Å²) in [7, 11) is 0. The van der Waals surface area contributed by atoms with Crippen molar-refractivity contribution in [3.05, 3.63) is 228 Å². The predicted molar refractivity (Wildman–Crippen MR) is 246 cm³/mol. The van der Waals surface area contributed by atoms with Crippen LogP contribution in [0.25, 0.3) is 33.9 Å². The van der Waals surface area contributed by atoms with Gasteiger partial charge in [0.25, 0.3) is 0 Å². The minimum Gasteiger partial charge on any atom is -0.311 e. The molecular formula is C55H45N3. The summed E-state index contributed by atoms with van der Waals surface area (Å²) in [6.07, 6.45) is 1.96. The van der Waals surface area contributed by atoms with Gasteiger partial charge in [-0.25, -0.2) is 0 Å². The number of hydrogen-bond donors (Lipinski definition) is 0. The van der Waals surface area contributed by atoms with Gasteiger partial charge in [-0.3, -0.25) is 0 Å². The van der Waals surface area contributed by atoms with Gasteiger partial charge < -0.3 is 9.80 Å². The summed E-state index contributed by atoms with van der Waals surface area (Å²) < 4.78 is 0. The maximum absolute atomic E-state index is 10.2. The quantitative estimate of drug-likeness (QED) is 0.103.